The highest BCUT2D eigenvalue weighted by Gasteiger charge is 2.24. The minimum absolute atomic E-state index is 0.0871. The molecule has 0 radical (unpaired) electrons. The van der Waals surface area contributed by atoms with Crippen LogP contribution >= 0.6 is 0 Å². The number of hydrogen-bond donors (Lipinski definition) is 1. The van der Waals surface area contributed by atoms with Gasteiger partial charge in [-0.15, -0.1) is 0 Å². The molecule has 0 heterocycles. The van der Waals surface area contributed by atoms with Crippen molar-refractivity contribution in [2.24, 2.45) is 11.8 Å². The Bertz CT molecular complexity index is 92.9. The Morgan fingerprint density at radius 1 is 1.50 bits per heavy atom. The second kappa shape index (κ2) is 3.38. The van der Waals surface area contributed by atoms with Gasteiger partial charge >= 0.3 is 0 Å². The zero-order valence-electron chi connectivity index (χ0n) is 7.01. The first kappa shape index (κ1) is 8.06. The van der Waals surface area contributed by atoms with E-state index in [4.69, 9.17) is 5.11 Å². The Morgan fingerprint density at radius 2 is 2.10 bits per heavy atom. The molecule has 0 aliphatic heterocycles. The predicted octanol–water partition coefficient (Wildman–Crippen LogP) is 2.19. The Morgan fingerprint density at radius 3 is 2.50 bits per heavy atom. The highest BCUT2D eigenvalue weighted by atomic mass is 16.3. The minimum atomic E-state index is -0.0871. The maximum Gasteiger partial charge on any atom is 0.0512 e. The summed E-state index contributed by atoms with van der Waals surface area (Å²) in [6.45, 7) is 4.18. The zero-order valence-corrected chi connectivity index (χ0v) is 7.01. The van der Waals surface area contributed by atoms with E-state index in [1.54, 1.807) is 0 Å². The first-order valence-corrected chi connectivity index (χ1v) is 4.36. The van der Waals surface area contributed by atoms with E-state index in [2.05, 4.69) is 6.92 Å². The van der Waals surface area contributed by atoms with Gasteiger partial charge in [-0.1, -0.05) is 6.92 Å². The molecular weight excluding hydrogens is 124 g/mol. The van der Waals surface area contributed by atoms with Crippen LogP contribution < -0.4 is 0 Å². The number of aliphatic hydroxyl groups is 1. The largest absolute Gasteiger partial charge is 0.393 e. The predicted molar refractivity (Wildman–Crippen MR) is 42.8 cm³/mol. The molecule has 1 unspecified atom stereocenters. The summed E-state index contributed by atoms with van der Waals surface area (Å²) in [7, 11) is 0. The number of aliphatic hydroxyl groups excluding tert-OH is 1. The van der Waals surface area contributed by atoms with Crippen molar-refractivity contribution in [3.05, 3.63) is 0 Å². The zero-order chi connectivity index (χ0) is 7.56. The fourth-order valence-corrected chi connectivity index (χ4v) is 1.78. The van der Waals surface area contributed by atoms with Gasteiger partial charge in [-0.05, 0) is 44.4 Å². The monoisotopic (exact) mass is 142 g/mol. The maximum atomic E-state index is 8.99. The SMILES string of the molecule is CC(O)CCC1CC(C)C1. The van der Waals surface area contributed by atoms with E-state index in [1.165, 1.54) is 19.3 Å². The molecule has 0 aromatic heterocycles. The third-order valence-electron chi connectivity index (χ3n) is 2.46. The van der Waals surface area contributed by atoms with Crippen LogP contribution in [0, 0.1) is 11.8 Å². The van der Waals surface area contributed by atoms with Gasteiger partial charge in [0.2, 0.25) is 0 Å². The van der Waals surface area contributed by atoms with Gasteiger partial charge in [0, 0.05) is 0 Å². The second-order valence-electron chi connectivity index (χ2n) is 3.87. The maximum absolute atomic E-state index is 8.99. The molecule has 1 heteroatoms. The molecule has 0 bridgehead atoms. The molecular formula is C9H18O. The van der Waals surface area contributed by atoms with Gasteiger partial charge in [0.1, 0.15) is 0 Å². The van der Waals surface area contributed by atoms with E-state index in [-0.39, 0.29) is 6.10 Å². The lowest BCUT2D eigenvalue weighted by Gasteiger charge is -2.32. The van der Waals surface area contributed by atoms with Crippen LogP contribution in [0.25, 0.3) is 0 Å². The van der Waals surface area contributed by atoms with Crippen LogP contribution in [0.2, 0.25) is 0 Å². The average molecular weight is 142 g/mol. The Kier molecular flexibility index (Phi) is 2.72. The van der Waals surface area contributed by atoms with Crippen LogP contribution in [0.5, 0.6) is 0 Å². The third-order valence-corrected chi connectivity index (χ3v) is 2.46. The quantitative estimate of drug-likeness (QED) is 0.640. The lowest BCUT2D eigenvalue weighted by atomic mass is 9.74. The van der Waals surface area contributed by atoms with Crippen molar-refractivity contribution in [3.8, 4) is 0 Å². The van der Waals surface area contributed by atoms with Crippen LogP contribution in [0.3, 0.4) is 0 Å². The van der Waals surface area contributed by atoms with Gasteiger partial charge in [0.25, 0.3) is 0 Å². The van der Waals surface area contributed by atoms with Crippen molar-refractivity contribution in [2.75, 3.05) is 0 Å². The van der Waals surface area contributed by atoms with E-state index in [9.17, 15) is 0 Å². The molecule has 0 saturated heterocycles. The van der Waals surface area contributed by atoms with E-state index in [0.29, 0.717) is 0 Å². The smallest absolute Gasteiger partial charge is 0.0512 e. The summed E-state index contributed by atoms with van der Waals surface area (Å²) in [4.78, 5) is 0. The molecule has 60 valence electrons. The van der Waals surface area contributed by atoms with E-state index < -0.39 is 0 Å². The lowest BCUT2D eigenvalue weighted by Crippen LogP contribution is -2.21. The topological polar surface area (TPSA) is 20.2 Å². The first-order chi connectivity index (χ1) is 4.68. The van der Waals surface area contributed by atoms with Crippen LogP contribution in [0.15, 0.2) is 0 Å². The van der Waals surface area contributed by atoms with E-state index in [0.717, 1.165) is 18.3 Å². The molecule has 0 spiro atoms. The molecule has 0 aromatic carbocycles. The molecule has 0 amide bonds. The van der Waals surface area contributed by atoms with Crippen LogP contribution in [-0.4, -0.2) is 11.2 Å². The van der Waals surface area contributed by atoms with Gasteiger partial charge in [0.05, 0.1) is 6.10 Å². The minimum Gasteiger partial charge on any atom is -0.393 e. The molecule has 1 saturated carbocycles. The van der Waals surface area contributed by atoms with Gasteiger partial charge < -0.3 is 5.11 Å². The molecule has 1 rings (SSSR count). The van der Waals surface area contributed by atoms with Gasteiger partial charge in [-0.25, -0.2) is 0 Å². The van der Waals surface area contributed by atoms with Crippen LogP contribution in [0.4, 0.5) is 0 Å². The van der Waals surface area contributed by atoms with Crippen molar-refractivity contribution in [1.82, 2.24) is 0 Å². The van der Waals surface area contributed by atoms with Crippen molar-refractivity contribution >= 4 is 0 Å². The summed E-state index contributed by atoms with van der Waals surface area (Å²) in [5, 5.41) is 8.99. The van der Waals surface area contributed by atoms with Crippen LogP contribution in [0.1, 0.15) is 39.5 Å². The molecule has 1 fully saturated rings. The molecule has 1 aliphatic carbocycles. The Balaban J connectivity index is 1.95. The molecule has 1 atom stereocenters. The molecule has 1 N–H and O–H groups in total. The Labute approximate surface area is 63.4 Å². The van der Waals surface area contributed by atoms with Gasteiger partial charge in [-0.3, -0.25) is 0 Å². The normalized spacial score (nSPS) is 35.1. The number of rotatable bonds is 3. The molecule has 10 heavy (non-hydrogen) atoms. The lowest BCUT2D eigenvalue weighted by molar-refractivity contribution is 0.139. The summed E-state index contributed by atoms with van der Waals surface area (Å²) in [6.07, 6.45) is 4.94. The van der Waals surface area contributed by atoms with Gasteiger partial charge in [0.15, 0.2) is 0 Å². The molecule has 0 aromatic rings. The van der Waals surface area contributed by atoms with Crippen molar-refractivity contribution in [3.63, 3.8) is 0 Å². The fraction of sp³-hybridized carbons (Fsp3) is 1.00. The summed E-state index contributed by atoms with van der Waals surface area (Å²) in [6, 6.07) is 0. The third kappa shape index (κ3) is 2.30. The number of hydrogen-bond acceptors (Lipinski definition) is 1. The summed E-state index contributed by atoms with van der Waals surface area (Å²) in [5.74, 6) is 1.89. The van der Waals surface area contributed by atoms with Crippen molar-refractivity contribution in [1.29, 1.82) is 0 Å². The molecule has 1 aliphatic rings. The fourth-order valence-electron chi connectivity index (χ4n) is 1.78. The first-order valence-electron chi connectivity index (χ1n) is 4.36. The van der Waals surface area contributed by atoms with Crippen molar-refractivity contribution in [2.45, 2.75) is 45.6 Å². The van der Waals surface area contributed by atoms with E-state index >= 15 is 0 Å². The molecule has 1 nitrogen and oxygen atoms in total. The van der Waals surface area contributed by atoms with Gasteiger partial charge in [-0.2, -0.15) is 0 Å². The van der Waals surface area contributed by atoms with Crippen LogP contribution in [-0.2, 0) is 0 Å². The summed E-state index contributed by atoms with van der Waals surface area (Å²) >= 11 is 0. The Hall–Kier alpha value is -0.0400. The second-order valence-corrected chi connectivity index (χ2v) is 3.87. The standard InChI is InChI=1S/C9H18O/c1-7-5-9(6-7)4-3-8(2)10/h7-10H,3-6H2,1-2H3. The summed E-state index contributed by atoms with van der Waals surface area (Å²) in [5.41, 5.74) is 0. The highest BCUT2D eigenvalue weighted by molar-refractivity contribution is 4.76. The van der Waals surface area contributed by atoms with E-state index in [1.807, 2.05) is 6.92 Å². The van der Waals surface area contributed by atoms with Crippen molar-refractivity contribution < 1.29 is 5.11 Å². The average Bonchev–Trinajstić information content (AvgIpc) is 1.77. The summed E-state index contributed by atoms with van der Waals surface area (Å²) < 4.78 is 0. The highest BCUT2D eigenvalue weighted by Crippen LogP contribution is 2.36.